The summed E-state index contributed by atoms with van der Waals surface area (Å²) in [6, 6.07) is 1.95. The highest BCUT2D eigenvalue weighted by molar-refractivity contribution is 7.85. The minimum absolute atomic E-state index is 0.0954. The molecule has 4 rings (SSSR count). The van der Waals surface area contributed by atoms with Crippen LogP contribution in [0.3, 0.4) is 0 Å². The molecule has 5 atom stereocenters. The van der Waals surface area contributed by atoms with Gasteiger partial charge >= 0.3 is 15.4 Å². The Morgan fingerprint density at radius 2 is 2.42 bits per heavy atom. The highest BCUT2D eigenvalue weighted by atomic mass is 31.2. The number of fused-ring (bicyclic) bond motifs is 2. The minimum Gasteiger partial charge on any atom is -0.385 e. The van der Waals surface area contributed by atoms with Gasteiger partial charge in [0.05, 0.1) is 19.2 Å². The zero-order valence-electron chi connectivity index (χ0n) is 13.7. The van der Waals surface area contributed by atoms with E-state index in [1.165, 1.54) is 6.33 Å². The van der Waals surface area contributed by atoms with Crippen LogP contribution in [-0.2, 0) is 18.3 Å². The number of hydrogen-bond donors (Lipinski definition) is 3. The predicted octanol–water partition coefficient (Wildman–Crippen LogP) is -0.474. The molecule has 2 radical (unpaired) electrons. The summed E-state index contributed by atoms with van der Waals surface area (Å²) >= 11 is 0. The largest absolute Gasteiger partial charge is 0.488 e. The summed E-state index contributed by atoms with van der Waals surface area (Å²) in [5.41, 5.74) is 6.43. The number of aliphatic hydroxyl groups is 1. The number of aromatic nitrogens is 2. The summed E-state index contributed by atoms with van der Waals surface area (Å²) in [7, 11) is 2.92. The molecule has 1 aromatic heterocycles. The zero-order chi connectivity index (χ0) is 18.3. The number of ether oxygens (including phenoxy) is 1. The van der Waals surface area contributed by atoms with Gasteiger partial charge in [-0.25, -0.2) is 9.97 Å². The molecule has 136 valence electrons. The third-order valence-electron chi connectivity index (χ3n) is 4.34. The number of nitriles is 1. The quantitative estimate of drug-likeness (QED) is 0.354. The van der Waals surface area contributed by atoms with Gasteiger partial charge in [0.25, 0.3) is 0 Å². The van der Waals surface area contributed by atoms with E-state index in [1.54, 1.807) is 4.90 Å². The van der Waals surface area contributed by atoms with E-state index in [1.807, 2.05) is 6.07 Å². The summed E-state index contributed by atoms with van der Waals surface area (Å²) in [6.07, 6.45) is -1.43. The Labute approximate surface area is 151 Å². The first kappa shape index (κ1) is 17.7. The molecule has 26 heavy (non-hydrogen) atoms. The molecule has 2 fully saturated rings. The van der Waals surface area contributed by atoms with Gasteiger partial charge in [-0.1, -0.05) is 0 Å². The molecule has 0 saturated carbocycles. The molecule has 1 aromatic rings. The van der Waals surface area contributed by atoms with Crippen molar-refractivity contribution in [3.05, 3.63) is 6.33 Å². The fourth-order valence-corrected chi connectivity index (χ4v) is 4.63. The van der Waals surface area contributed by atoms with Crippen LogP contribution in [0.1, 0.15) is 6.42 Å². The lowest BCUT2D eigenvalue weighted by molar-refractivity contribution is -0.0489. The number of hydrogen-bond acceptors (Lipinski definition) is 11. The van der Waals surface area contributed by atoms with Gasteiger partial charge in [0.15, 0.2) is 24.0 Å². The molecule has 0 amide bonds. The molecule has 1 unspecified atom stereocenters. The number of aliphatic hydroxyl groups excluding tert-OH is 1. The summed E-state index contributed by atoms with van der Waals surface area (Å²) in [4.78, 5) is 9.89. The van der Waals surface area contributed by atoms with Crippen molar-refractivity contribution < 1.29 is 23.4 Å². The van der Waals surface area contributed by atoms with Gasteiger partial charge in [0.1, 0.15) is 37.4 Å². The lowest BCUT2D eigenvalue weighted by Crippen LogP contribution is -2.46. The third kappa shape index (κ3) is 2.97. The highest BCUT2D eigenvalue weighted by Gasteiger charge is 2.59. The van der Waals surface area contributed by atoms with Gasteiger partial charge in [0, 0.05) is 0 Å². The Balaban J connectivity index is 1.49. The molecule has 0 aliphatic carbocycles. The first-order valence-electron chi connectivity index (χ1n) is 7.99. The number of rotatable bonds is 4. The fraction of sp³-hybridized carbons (Fsp3) is 0.615. The summed E-state index contributed by atoms with van der Waals surface area (Å²) in [6.45, 7) is 0.565. The molecule has 2 saturated heterocycles. The van der Waals surface area contributed by atoms with Crippen LogP contribution in [0, 0.1) is 11.3 Å². The maximum absolute atomic E-state index is 10.7. The van der Waals surface area contributed by atoms with E-state index in [-0.39, 0.29) is 19.6 Å². The Morgan fingerprint density at radius 3 is 3.23 bits per heavy atom. The van der Waals surface area contributed by atoms with E-state index in [0.29, 0.717) is 24.0 Å². The van der Waals surface area contributed by atoms with E-state index < -0.39 is 32.4 Å². The van der Waals surface area contributed by atoms with Crippen LogP contribution < -0.4 is 16.0 Å². The van der Waals surface area contributed by atoms with Gasteiger partial charge in [-0.15, -0.1) is 0 Å². The van der Waals surface area contributed by atoms with Crippen molar-refractivity contribution in [2.45, 2.75) is 31.0 Å². The van der Waals surface area contributed by atoms with Crippen molar-refractivity contribution in [1.29, 1.82) is 5.26 Å². The van der Waals surface area contributed by atoms with Crippen molar-refractivity contribution >= 4 is 32.7 Å². The van der Waals surface area contributed by atoms with Crippen LogP contribution in [0.5, 0.6) is 0 Å². The molecule has 3 aliphatic heterocycles. The van der Waals surface area contributed by atoms with Crippen LogP contribution in [-0.4, -0.2) is 67.1 Å². The number of nitrogens with zero attached hydrogens (tertiary/aromatic N) is 4. The van der Waals surface area contributed by atoms with Crippen molar-refractivity contribution in [2.75, 3.05) is 35.8 Å². The summed E-state index contributed by atoms with van der Waals surface area (Å²) in [5, 5.41) is 22.4. The van der Waals surface area contributed by atoms with E-state index in [2.05, 4.69) is 15.3 Å². The number of anilines is 3. The number of nitrogen functional groups attached to an aromatic ring is 1. The summed E-state index contributed by atoms with van der Waals surface area (Å²) < 4.78 is 22.5. The maximum Gasteiger partial charge on any atom is 0.488 e. The average Bonchev–Trinajstić information content (AvgIpc) is 3.18. The molecule has 0 bridgehead atoms. The smallest absolute Gasteiger partial charge is 0.385 e. The normalized spacial score (nSPS) is 35.5. The number of nitrogens with two attached hydrogens (primary N) is 1. The Bertz CT molecular complexity index is 739. The number of nitrogens with one attached hydrogen (secondary N) is 1. The second kappa shape index (κ2) is 6.77. The van der Waals surface area contributed by atoms with Crippen LogP contribution in [0.4, 0.5) is 17.3 Å². The Hall–Kier alpha value is -1.74. The SMILES string of the molecule is [B][P+]1(OCCC#N)OC[C@H]2O[C@@H](N3CNc4c(N)ncnc43)[C@@H](O)[C@H]2O1. The topological polar surface area (TPSA) is 148 Å². The standard InChI is InChI=1S/C13H17BN6O5P/c14-26(22-3-1-2-15)23-4-7-10(25-26)9(21)13(24-7)20-6-19-8-11(16)17-5-18-12(8)20/h5,7,9-10,13,19,21H,1,3-4,6H2,(H2,16,17,18)/q+1/t7-,9+,10+,13-,26?/m1/s1. The molecule has 3 aliphatic rings. The van der Waals surface area contributed by atoms with Gasteiger partial charge in [-0.3, -0.25) is 0 Å². The molecule has 13 heteroatoms. The minimum atomic E-state index is -3.10. The van der Waals surface area contributed by atoms with Gasteiger partial charge < -0.3 is 25.8 Å². The first-order chi connectivity index (χ1) is 12.5. The van der Waals surface area contributed by atoms with Crippen LogP contribution in [0.15, 0.2) is 6.33 Å². The lowest BCUT2D eigenvalue weighted by atomic mass is 10.1. The van der Waals surface area contributed by atoms with Crippen molar-refractivity contribution in [2.24, 2.45) is 0 Å². The molecule has 0 aromatic carbocycles. The summed E-state index contributed by atoms with van der Waals surface area (Å²) in [5.74, 6) is 0.861. The lowest BCUT2D eigenvalue weighted by Gasteiger charge is -2.30. The average molecular weight is 379 g/mol. The molecule has 4 N–H and O–H groups in total. The molecular weight excluding hydrogens is 362 g/mol. The second-order valence-electron chi connectivity index (χ2n) is 5.96. The van der Waals surface area contributed by atoms with Gasteiger partial charge in [-0.2, -0.15) is 18.8 Å². The maximum atomic E-state index is 10.7. The third-order valence-corrected chi connectivity index (χ3v) is 5.93. The molecular formula is C13H17BN6O5P+. The molecule has 0 spiro atoms. The van der Waals surface area contributed by atoms with E-state index >= 15 is 0 Å². The van der Waals surface area contributed by atoms with Crippen molar-refractivity contribution in [3.63, 3.8) is 0 Å². The zero-order valence-corrected chi connectivity index (χ0v) is 14.6. The van der Waals surface area contributed by atoms with Gasteiger partial charge in [0.2, 0.25) is 0 Å². The highest BCUT2D eigenvalue weighted by Crippen LogP contribution is 2.62. The van der Waals surface area contributed by atoms with Gasteiger partial charge in [-0.05, 0) is 0 Å². The van der Waals surface area contributed by atoms with E-state index in [4.69, 9.17) is 36.9 Å². The second-order valence-corrected chi connectivity index (χ2v) is 7.77. The molecule has 11 nitrogen and oxygen atoms in total. The van der Waals surface area contributed by atoms with Crippen LogP contribution >= 0.6 is 7.82 Å². The van der Waals surface area contributed by atoms with E-state index in [9.17, 15) is 5.11 Å². The Morgan fingerprint density at radius 1 is 1.58 bits per heavy atom. The Kier molecular flexibility index (Phi) is 4.60. The first-order valence-corrected chi connectivity index (χ1v) is 9.60. The van der Waals surface area contributed by atoms with Crippen molar-refractivity contribution in [1.82, 2.24) is 9.97 Å². The van der Waals surface area contributed by atoms with Crippen LogP contribution in [0.25, 0.3) is 0 Å². The van der Waals surface area contributed by atoms with Crippen LogP contribution in [0.2, 0.25) is 0 Å². The van der Waals surface area contributed by atoms with E-state index in [0.717, 1.165) is 0 Å². The fourth-order valence-electron chi connectivity index (χ4n) is 3.13. The van der Waals surface area contributed by atoms with Crippen molar-refractivity contribution in [3.8, 4) is 6.07 Å². The monoisotopic (exact) mass is 379 g/mol. The predicted molar refractivity (Wildman–Crippen MR) is 91.8 cm³/mol. The molecule has 4 heterocycles.